The summed E-state index contributed by atoms with van der Waals surface area (Å²) in [6, 6.07) is 12.9. The second kappa shape index (κ2) is 4.72. The van der Waals surface area contributed by atoms with Crippen LogP contribution in [0.1, 0.15) is 17.2 Å². The van der Waals surface area contributed by atoms with Crippen molar-refractivity contribution in [2.45, 2.75) is 19.0 Å². The molecule has 0 bridgehead atoms. The van der Waals surface area contributed by atoms with Crippen LogP contribution in [-0.2, 0) is 4.79 Å². The van der Waals surface area contributed by atoms with Gasteiger partial charge in [0, 0.05) is 11.3 Å². The number of carbonyl (C=O) groups is 1. The molecule has 0 aromatic heterocycles. The van der Waals surface area contributed by atoms with Crippen molar-refractivity contribution in [3.05, 3.63) is 65.5 Å². The number of amides is 1. The third kappa shape index (κ3) is 1.89. The minimum atomic E-state index is -0.687. The lowest BCUT2D eigenvalue weighted by atomic mass is 9.88. The molecule has 1 heterocycles. The Morgan fingerprint density at radius 3 is 2.40 bits per heavy atom. The van der Waals surface area contributed by atoms with Gasteiger partial charge in [-0.3, -0.25) is 4.79 Å². The molecule has 3 nitrogen and oxygen atoms in total. The predicted octanol–water partition coefficient (Wildman–Crippen LogP) is 2.55. The number of anilines is 1. The minimum Gasteiger partial charge on any atom is -0.318 e. The topological polar surface area (TPSA) is 46.3 Å². The second-order valence-corrected chi connectivity index (χ2v) is 5.04. The predicted molar refractivity (Wildman–Crippen MR) is 75.8 cm³/mol. The minimum absolute atomic E-state index is 0.179. The van der Waals surface area contributed by atoms with Gasteiger partial charge in [0.15, 0.2) is 0 Å². The molecule has 1 amide bonds. The Balaban J connectivity index is 2.00. The number of nitrogens with two attached hydrogens (primary N) is 1. The Morgan fingerprint density at radius 2 is 1.75 bits per heavy atom. The van der Waals surface area contributed by atoms with Crippen molar-refractivity contribution in [3.8, 4) is 0 Å². The van der Waals surface area contributed by atoms with E-state index >= 15 is 0 Å². The molecule has 2 atom stereocenters. The highest BCUT2D eigenvalue weighted by molar-refractivity contribution is 6.05. The van der Waals surface area contributed by atoms with Gasteiger partial charge in [0.2, 0.25) is 5.91 Å². The van der Waals surface area contributed by atoms with Crippen LogP contribution in [0.25, 0.3) is 0 Å². The number of aryl methyl sites for hydroxylation is 1. The van der Waals surface area contributed by atoms with Gasteiger partial charge in [-0.05, 0) is 25.1 Å². The van der Waals surface area contributed by atoms with Crippen LogP contribution in [0.3, 0.4) is 0 Å². The Morgan fingerprint density at radius 1 is 1.10 bits per heavy atom. The van der Waals surface area contributed by atoms with Gasteiger partial charge >= 0.3 is 0 Å². The van der Waals surface area contributed by atoms with Crippen LogP contribution in [0.5, 0.6) is 0 Å². The fraction of sp³-hybridized carbons (Fsp3) is 0.188. The van der Waals surface area contributed by atoms with Crippen molar-refractivity contribution in [2.24, 2.45) is 5.73 Å². The highest BCUT2D eigenvalue weighted by atomic mass is 19.1. The first kappa shape index (κ1) is 12.8. The third-order valence-electron chi connectivity index (χ3n) is 3.68. The Bertz CT molecular complexity index is 654. The first-order valence-corrected chi connectivity index (χ1v) is 6.49. The van der Waals surface area contributed by atoms with E-state index in [4.69, 9.17) is 5.73 Å². The average Bonchev–Trinajstić information content (AvgIpc) is 2.46. The fourth-order valence-corrected chi connectivity index (χ4v) is 2.55. The van der Waals surface area contributed by atoms with Gasteiger partial charge in [-0.15, -0.1) is 0 Å². The van der Waals surface area contributed by atoms with E-state index in [2.05, 4.69) is 0 Å². The zero-order valence-corrected chi connectivity index (χ0v) is 11.1. The molecule has 102 valence electrons. The summed E-state index contributed by atoms with van der Waals surface area (Å²) in [5.41, 5.74) is 8.18. The van der Waals surface area contributed by atoms with Gasteiger partial charge in [-0.25, -0.2) is 4.39 Å². The fourth-order valence-electron chi connectivity index (χ4n) is 2.55. The summed E-state index contributed by atoms with van der Waals surface area (Å²) >= 11 is 0. The van der Waals surface area contributed by atoms with Crippen LogP contribution >= 0.6 is 0 Å². The molecule has 4 heteroatoms. The highest BCUT2D eigenvalue weighted by Crippen LogP contribution is 2.38. The van der Waals surface area contributed by atoms with Crippen LogP contribution in [-0.4, -0.2) is 11.9 Å². The van der Waals surface area contributed by atoms with Crippen molar-refractivity contribution in [2.75, 3.05) is 4.90 Å². The summed E-state index contributed by atoms with van der Waals surface area (Å²) in [5.74, 6) is -0.514. The monoisotopic (exact) mass is 270 g/mol. The number of rotatable bonds is 2. The van der Waals surface area contributed by atoms with Crippen molar-refractivity contribution in [1.29, 1.82) is 0 Å². The number of hydrogen-bond acceptors (Lipinski definition) is 2. The number of hydrogen-bond donors (Lipinski definition) is 1. The largest absolute Gasteiger partial charge is 0.318 e. The summed E-state index contributed by atoms with van der Waals surface area (Å²) in [4.78, 5) is 13.6. The molecule has 1 aliphatic rings. The lowest BCUT2D eigenvalue weighted by molar-refractivity contribution is -0.126. The maximum Gasteiger partial charge on any atom is 0.247 e. The van der Waals surface area contributed by atoms with Crippen molar-refractivity contribution < 1.29 is 9.18 Å². The van der Waals surface area contributed by atoms with E-state index in [1.165, 1.54) is 6.07 Å². The molecule has 0 spiro atoms. The molecule has 0 saturated carbocycles. The molecule has 20 heavy (non-hydrogen) atoms. The zero-order valence-electron chi connectivity index (χ0n) is 11.1. The summed E-state index contributed by atoms with van der Waals surface area (Å²) in [7, 11) is 0. The Hall–Kier alpha value is -2.20. The SMILES string of the molecule is Cc1ccc(N2C(=O)[C@H](N)[C@@H]2c2ccccc2F)cc1. The summed E-state index contributed by atoms with van der Waals surface area (Å²) in [6.07, 6.45) is 0. The molecule has 0 radical (unpaired) electrons. The van der Waals surface area contributed by atoms with E-state index in [0.29, 0.717) is 5.56 Å². The van der Waals surface area contributed by atoms with Gasteiger partial charge in [0.25, 0.3) is 0 Å². The third-order valence-corrected chi connectivity index (χ3v) is 3.68. The summed E-state index contributed by atoms with van der Waals surface area (Å²) < 4.78 is 13.9. The first-order chi connectivity index (χ1) is 9.59. The van der Waals surface area contributed by atoms with E-state index in [1.54, 1.807) is 23.1 Å². The first-order valence-electron chi connectivity index (χ1n) is 6.49. The van der Waals surface area contributed by atoms with Gasteiger partial charge in [0.05, 0.1) is 6.04 Å². The zero-order chi connectivity index (χ0) is 14.3. The van der Waals surface area contributed by atoms with E-state index in [-0.39, 0.29) is 11.7 Å². The van der Waals surface area contributed by atoms with Gasteiger partial charge in [-0.2, -0.15) is 0 Å². The molecule has 2 aromatic rings. The number of nitrogens with zero attached hydrogens (tertiary/aromatic N) is 1. The van der Waals surface area contributed by atoms with Crippen LogP contribution in [0.15, 0.2) is 48.5 Å². The number of β-lactam (4-membered cyclic amide) rings is 1. The smallest absolute Gasteiger partial charge is 0.247 e. The van der Waals surface area contributed by atoms with Gasteiger partial charge in [-0.1, -0.05) is 35.9 Å². The molecule has 1 fully saturated rings. The molecular formula is C16H15FN2O. The molecule has 2 N–H and O–H groups in total. The van der Waals surface area contributed by atoms with Crippen LogP contribution in [0.2, 0.25) is 0 Å². The van der Waals surface area contributed by atoms with Crippen LogP contribution in [0.4, 0.5) is 10.1 Å². The normalized spacial score (nSPS) is 21.8. The standard InChI is InChI=1S/C16H15FN2O/c1-10-6-8-11(9-7-10)19-15(14(18)16(19)20)12-4-2-3-5-13(12)17/h2-9,14-15H,18H2,1H3/t14-,15+/m1/s1. The van der Waals surface area contributed by atoms with E-state index in [9.17, 15) is 9.18 Å². The maximum absolute atomic E-state index is 13.9. The molecule has 1 saturated heterocycles. The molecule has 0 aliphatic carbocycles. The lowest BCUT2D eigenvalue weighted by Crippen LogP contribution is -2.63. The quantitative estimate of drug-likeness (QED) is 0.852. The molecular weight excluding hydrogens is 255 g/mol. The van der Waals surface area contributed by atoms with E-state index in [0.717, 1.165) is 11.3 Å². The number of carbonyl (C=O) groups excluding carboxylic acids is 1. The molecule has 3 rings (SSSR count). The van der Waals surface area contributed by atoms with Crippen LogP contribution in [0, 0.1) is 12.7 Å². The second-order valence-electron chi connectivity index (χ2n) is 5.04. The van der Waals surface area contributed by atoms with E-state index in [1.807, 2.05) is 31.2 Å². The van der Waals surface area contributed by atoms with E-state index < -0.39 is 12.1 Å². The average molecular weight is 270 g/mol. The Kier molecular flexibility index (Phi) is 3.03. The van der Waals surface area contributed by atoms with Crippen LogP contribution < -0.4 is 10.6 Å². The Labute approximate surface area is 116 Å². The lowest BCUT2D eigenvalue weighted by Gasteiger charge is -2.45. The van der Waals surface area contributed by atoms with Crippen molar-refractivity contribution in [1.82, 2.24) is 0 Å². The maximum atomic E-state index is 13.9. The summed E-state index contributed by atoms with van der Waals surface area (Å²) in [5, 5.41) is 0. The number of halogens is 1. The van der Waals surface area contributed by atoms with Crippen molar-refractivity contribution in [3.63, 3.8) is 0 Å². The highest BCUT2D eigenvalue weighted by Gasteiger charge is 2.47. The number of benzene rings is 2. The van der Waals surface area contributed by atoms with Gasteiger partial charge < -0.3 is 10.6 Å². The van der Waals surface area contributed by atoms with Crippen molar-refractivity contribution >= 4 is 11.6 Å². The summed E-state index contributed by atoms with van der Waals surface area (Å²) in [6.45, 7) is 1.97. The molecule has 0 unspecified atom stereocenters. The molecule has 2 aromatic carbocycles. The van der Waals surface area contributed by atoms with Gasteiger partial charge in [0.1, 0.15) is 11.9 Å². The molecule has 1 aliphatic heterocycles.